The highest BCUT2D eigenvalue weighted by molar-refractivity contribution is 7.80. The molecule has 0 fully saturated rings. The van der Waals surface area contributed by atoms with Crippen LogP contribution in [0.2, 0.25) is 0 Å². The molecule has 0 aliphatic heterocycles. The van der Waals surface area contributed by atoms with Crippen LogP contribution in [0.4, 0.5) is 5.69 Å². The van der Waals surface area contributed by atoms with Gasteiger partial charge in [-0.15, -0.1) is 0 Å². The van der Waals surface area contributed by atoms with Crippen LogP contribution < -0.4 is 11.1 Å². The third-order valence-corrected chi connectivity index (χ3v) is 2.36. The molecule has 1 rings (SSSR count). The van der Waals surface area contributed by atoms with E-state index in [1.54, 1.807) is 12.1 Å². The Morgan fingerprint density at radius 1 is 1.28 bits per heavy atom. The van der Waals surface area contributed by atoms with E-state index in [9.17, 15) is 9.59 Å². The lowest BCUT2D eigenvalue weighted by atomic mass is 9.96. The molecule has 0 saturated carbocycles. The number of thiocarbonyl (C=S) groups is 1. The van der Waals surface area contributed by atoms with Gasteiger partial charge in [-0.2, -0.15) is 0 Å². The third kappa shape index (κ3) is 4.02. The summed E-state index contributed by atoms with van der Waals surface area (Å²) in [5.74, 6) is -3.40. The fourth-order valence-electron chi connectivity index (χ4n) is 1.46. The maximum absolute atomic E-state index is 11.0. The first kappa shape index (κ1) is 13.9. The number of nitrogens with two attached hydrogens (primary N) is 1. The lowest BCUT2D eigenvalue weighted by Gasteiger charge is -2.11. The summed E-state index contributed by atoms with van der Waals surface area (Å²) in [7, 11) is 0. The second-order valence-corrected chi connectivity index (χ2v) is 4.04. The van der Waals surface area contributed by atoms with Gasteiger partial charge in [0.1, 0.15) is 0 Å². The average molecular weight is 268 g/mol. The van der Waals surface area contributed by atoms with Crippen LogP contribution in [-0.4, -0.2) is 27.3 Å². The number of aliphatic carboxylic acids is 2. The first-order valence-electron chi connectivity index (χ1n) is 5.01. The topological polar surface area (TPSA) is 113 Å². The molecule has 1 aromatic carbocycles. The van der Waals surface area contributed by atoms with Crippen molar-refractivity contribution in [1.82, 2.24) is 0 Å². The zero-order valence-electron chi connectivity index (χ0n) is 9.29. The second-order valence-electron chi connectivity index (χ2n) is 3.60. The van der Waals surface area contributed by atoms with Gasteiger partial charge in [-0.3, -0.25) is 9.59 Å². The van der Waals surface area contributed by atoms with Gasteiger partial charge < -0.3 is 21.3 Å². The molecule has 0 aliphatic rings. The number of carbonyl (C=O) groups is 2. The maximum Gasteiger partial charge on any atom is 0.311 e. The largest absolute Gasteiger partial charge is 0.481 e. The summed E-state index contributed by atoms with van der Waals surface area (Å²) < 4.78 is 0. The van der Waals surface area contributed by atoms with Gasteiger partial charge >= 0.3 is 11.9 Å². The second kappa shape index (κ2) is 5.97. The minimum absolute atomic E-state index is 0.100. The van der Waals surface area contributed by atoms with E-state index in [1.807, 2.05) is 0 Å². The van der Waals surface area contributed by atoms with Crippen molar-refractivity contribution in [3.05, 3.63) is 29.8 Å². The van der Waals surface area contributed by atoms with Crippen LogP contribution in [0, 0.1) is 0 Å². The van der Waals surface area contributed by atoms with Crippen molar-refractivity contribution in [2.24, 2.45) is 5.73 Å². The number of benzene rings is 1. The molecular weight excluding hydrogens is 256 g/mol. The van der Waals surface area contributed by atoms with Crippen molar-refractivity contribution in [1.29, 1.82) is 0 Å². The summed E-state index contributed by atoms with van der Waals surface area (Å²) >= 11 is 4.66. The van der Waals surface area contributed by atoms with E-state index in [4.69, 9.17) is 15.9 Å². The van der Waals surface area contributed by atoms with E-state index in [-0.39, 0.29) is 5.11 Å². The van der Waals surface area contributed by atoms with Gasteiger partial charge in [0.25, 0.3) is 0 Å². The zero-order valence-corrected chi connectivity index (χ0v) is 10.1. The van der Waals surface area contributed by atoms with Gasteiger partial charge in [0.05, 0.1) is 12.3 Å². The molecule has 0 spiro atoms. The lowest BCUT2D eigenvalue weighted by molar-refractivity contribution is -0.145. The number of carboxylic acid groups (broad SMARTS) is 2. The molecule has 5 N–H and O–H groups in total. The molecule has 0 heterocycles. The van der Waals surface area contributed by atoms with Crippen LogP contribution in [0.3, 0.4) is 0 Å². The molecule has 7 heteroatoms. The smallest absolute Gasteiger partial charge is 0.311 e. The highest BCUT2D eigenvalue weighted by Crippen LogP contribution is 2.22. The van der Waals surface area contributed by atoms with Gasteiger partial charge in [0.15, 0.2) is 5.11 Å². The van der Waals surface area contributed by atoms with Crippen LogP contribution in [-0.2, 0) is 9.59 Å². The Balaban J connectivity index is 2.90. The zero-order chi connectivity index (χ0) is 13.7. The predicted octanol–water partition coefficient (Wildman–Crippen LogP) is 0.985. The van der Waals surface area contributed by atoms with Crippen LogP contribution in [0.1, 0.15) is 17.9 Å². The van der Waals surface area contributed by atoms with Crippen molar-refractivity contribution >= 4 is 35.0 Å². The highest BCUT2D eigenvalue weighted by Gasteiger charge is 2.22. The third-order valence-electron chi connectivity index (χ3n) is 2.26. The summed E-state index contributed by atoms with van der Waals surface area (Å²) in [6.45, 7) is 0. The fraction of sp³-hybridized carbons (Fsp3) is 0.182. The summed E-state index contributed by atoms with van der Waals surface area (Å²) in [6, 6.07) is 6.24. The molecule has 96 valence electrons. The normalized spacial score (nSPS) is 11.6. The van der Waals surface area contributed by atoms with Crippen molar-refractivity contribution < 1.29 is 19.8 Å². The van der Waals surface area contributed by atoms with Crippen molar-refractivity contribution in [3.63, 3.8) is 0 Å². The minimum atomic E-state index is -1.17. The van der Waals surface area contributed by atoms with Gasteiger partial charge in [-0.25, -0.2) is 0 Å². The van der Waals surface area contributed by atoms with E-state index in [2.05, 4.69) is 17.5 Å². The number of carboxylic acids is 2. The number of hydrogen-bond acceptors (Lipinski definition) is 3. The average Bonchev–Trinajstić information content (AvgIpc) is 2.26. The number of rotatable bonds is 5. The summed E-state index contributed by atoms with van der Waals surface area (Å²) in [4.78, 5) is 21.6. The number of anilines is 1. The molecule has 1 unspecified atom stereocenters. The molecule has 0 amide bonds. The van der Waals surface area contributed by atoms with E-state index < -0.39 is 24.3 Å². The Bertz CT molecular complexity index is 472. The predicted molar refractivity (Wildman–Crippen MR) is 69.5 cm³/mol. The Morgan fingerprint density at radius 3 is 2.22 bits per heavy atom. The molecule has 1 aromatic rings. The van der Waals surface area contributed by atoms with Crippen LogP contribution in [0.25, 0.3) is 0 Å². The van der Waals surface area contributed by atoms with Gasteiger partial charge in [-0.1, -0.05) is 12.1 Å². The Morgan fingerprint density at radius 2 is 1.83 bits per heavy atom. The standard InChI is InChI=1S/C11H12N2O4S/c12-11(18)13-7-3-1-6(2-4-7)8(10(16)17)5-9(14)15/h1-4,8H,5H2,(H,14,15)(H,16,17)(H3,12,13,18). The molecule has 6 nitrogen and oxygen atoms in total. The molecule has 0 bridgehead atoms. The van der Waals surface area contributed by atoms with Crippen molar-refractivity contribution in [2.75, 3.05) is 5.32 Å². The first-order valence-corrected chi connectivity index (χ1v) is 5.42. The molecule has 1 atom stereocenters. The van der Waals surface area contributed by atoms with Crippen molar-refractivity contribution in [2.45, 2.75) is 12.3 Å². The summed E-state index contributed by atoms with van der Waals surface area (Å²) in [5.41, 5.74) is 6.32. The first-order chi connectivity index (χ1) is 8.40. The van der Waals surface area contributed by atoms with Gasteiger partial charge in [0, 0.05) is 5.69 Å². The monoisotopic (exact) mass is 268 g/mol. The molecule has 0 radical (unpaired) electrons. The summed E-state index contributed by atoms with van der Waals surface area (Å²) in [5, 5.41) is 20.4. The van der Waals surface area contributed by atoms with Crippen LogP contribution in [0.5, 0.6) is 0 Å². The van der Waals surface area contributed by atoms with Gasteiger partial charge in [-0.05, 0) is 29.9 Å². The Hall–Kier alpha value is -2.15. The molecule has 0 saturated heterocycles. The van der Waals surface area contributed by atoms with E-state index in [0.29, 0.717) is 11.3 Å². The van der Waals surface area contributed by atoms with Crippen LogP contribution in [0.15, 0.2) is 24.3 Å². The maximum atomic E-state index is 11.0. The number of nitrogens with one attached hydrogen (secondary N) is 1. The molecule has 0 aliphatic carbocycles. The lowest BCUT2D eigenvalue weighted by Crippen LogP contribution is -2.19. The SMILES string of the molecule is NC(=S)Nc1ccc(C(CC(=O)O)C(=O)O)cc1. The van der Waals surface area contributed by atoms with E-state index >= 15 is 0 Å². The highest BCUT2D eigenvalue weighted by atomic mass is 32.1. The Kier molecular flexibility index (Phi) is 4.61. The minimum Gasteiger partial charge on any atom is -0.481 e. The van der Waals surface area contributed by atoms with E-state index in [1.165, 1.54) is 12.1 Å². The van der Waals surface area contributed by atoms with Crippen LogP contribution >= 0.6 is 12.2 Å². The Labute approximate surface area is 108 Å². The fourth-order valence-corrected chi connectivity index (χ4v) is 1.58. The number of hydrogen-bond donors (Lipinski definition) is 4. The van der Waals surface area contributed by atoms with Gasteiger partial charge in [0.2, 0.25) is 0 Å². The molecular formula is C11H12N2O4S. The molecule has 18 heavy (non-hydrogen) atoms. The quantitative estimate of drug-likeness (QED) is 0.589. The van der Waals surface area contributed by atoms with E-state index in [0.717, 1.165) is 0 Å². The summed E-state index contributed by atoms with van der Waals surface area (Å²) in [6.07, 6.45) is -0.461. The van der Waals surface area contributed by atoms with Crippen molar-refractivity contribution in [3.8, 4) is 0 Å². The molecule has 0 aromatic heterocycles.